The summed E-state index contributed by atoms with van der Waals surface area (Å²) in [5.74, 6) is 0. The Morgan fingerprint density at radius 2 is 2.14 bits per heavy atom. The molecule has 0 fully saturated rings. The fourth-order valence-corrected chi connectivity index (χ4v) is 2.88. The number of benzene rings is 1. The Balaban J connectivity index is 2.24. The molecule has 0 saturated heterocycles. The lowest BCUT2D eigenvalue weighted by Gasteiger charge is -2.18. The Kier molecular flexibility index (Phi) is 4.59. The van der Waals surface area contributed by atoms with Crippen molar-refractivity contribution in [3.8, 4) is 10.6 Å². The quantitative estimate of drug-likeness (QED) is 0.889. The van der Waals surface area contributed by atoms with Gasteiger partial charge in [-0.15, -0.1) is 11.3 Å². The zero-order chi connectivity index (χ0) is 15.5. The first-order valence-corrected chi connectivity index (χ1v) is 7.34. The minimum absolute atomic E-state index is 0.126. The van der Waals surface area contributed by atoms with E-state index in [1.807, 2.05) is 24.3 Å². The van der Waals surface area contributed by atoms with Crippen LogP contribution < -0.4 is 5.73 Å². The first kappa shape index (κ1) is 15.5. The van der Waals surface area contributed by atoms with Crippen molar-refractivity contribution in [2.45, 2.75) is 32.5 Å². The predicted molar refractivity (Wildman–Crippen MR) is 81.9 cm³/mol. The van der Waals surface area contributed by atoms with Crippen LogP contribution in [0.4, 0.5) is 4.79 Å². The topological polar surface area (TPSA) is 85.4 Å². The molecule has 112 valence electrons. The van der Waals surface area contributed by atoms with Gasteiger partial charge in [0.15, 0.2) is 0 Å². The van der Waals surface area contributed by atoms with Gasteiger partial charge in [-0.05, 0) is 19.4 Å². The maximum atomic E-state index is 10.6. The van der Waals surface area contributed by atoms with Crippen LogP contribution >= 0.6 is 11.3 Å². The SMILES string of the molecule is CC(C)(O)Cc1ccccc1-c1ncc(COC(N)=O)s1. The molecule has 0 spiro atoms. The van der Waals surface area contributed by atoms with E-state index in [2.05, 4.69) is 4.98 Å². The van der Waals surface area contributed by atoms with Gasteiger partial charge in [-0.3, -0.25) is 0 Å². The average Bonchev–Trinajstić information content (AvgIpc) is 2.83. The van der Waals surface area contributed by atoms with E-state index in [1.54, 1.807) is 20.0 Å². The van der Waals surface area contributed by atoms with Crippen LogP contribution in [0, 0.1) is 0 Å². The Morgan fingerprint density at radius 1 is 1.43 bits per heavy atom. The summed E-state index contributed by atoms with van der Waals surface area (Å²) < 4.78 is 4.76. The lowest BCUT2D eigenvalue weighted by molar-refractivity contribution is 0.0811. The number of aliphatic hydroxyl groups is 1. The van der Waals surface area contributed by atoms with E-state index in [0.29, 0.717) is 6.42 Å². The number of ether oxygens (including phenoxy) is 1. The highest BCUT2D eigenvalue weighted by atomic mass is 32.1. The molecule has 0 saturated carbocycles. The number of nitrogens with two attached hydrogens (primary N) is 1. The number of primary amides is 1. The van der Waals surface area contributed by atoms with E-state index in [1.165, 1.54) is 11.3 Å². The normalized spacial score (nSPS) is 11.4. The van der Waals surface area contributed by atoms with Crippen LogP contribution in [0.25, 0.3) is 10.6 Å². The lowest BCUT2D eigenvalue weighted by Crippen LogP contribution is -2.22. The van der Waals surface area contributed by atoms with Gasteiger partial charge in [0.05, 0.1) is 10.5 Å². The van der Waals surface area contributed by atoms with Crippen molar-refractivity contribution in [3.63, 3.8) is 0 Å². The summed E-state index contributed by atoms with van der Waals surface area (Å²) in [6.07, 6.45) is 1.41. The summed E-state index contributed by atoms with van der Waals surface area (Å²) in [5.41, 5.74) is 6.17. The molecule has 1 aromatic carbocycles. The first-order valence-electron chi connectivity index (χ1n) is 6.53. The van der Waals surface area contributed by atoms with Crippen LogP contribution in [0.1, 0.15) is 24.3 Å². The van der Waals surface area contributed by atoms with Crippen LogP contribution in [0.15, 0.2) is 30.5 Å². The van der Waals surface area contributed by atoms with E-state index in [9.17, 15) is 9.90 Å². The fraction of sp³-hybridized carbons (Fsp3) is 0.333. The largest absolute Gasteiger partial charge is 0.444 e. The Hall–Kier alpha value is -1.92. The first-order chi connectivity index (χ1) is 9.85. The highest BCUT2D eigenvalue weighted by molar-refractivity contribution is 7.15. The third-order valence-electron chi connectivity index (χ3n) is 2.78. The molecule has 1 heterocycles. The fourth-order valence-electron chi connectivity index (χ4n) is 1.99. The number of carbonyl (C=O) groups excluding carboxylic acids is 1. The number of rotatable bonds is 5. The Labute approximate surface area is 127 Å². The summed E-state index contributed by atoms with van der Waals surface area (Å²) in [7, 11) is 0. The monoisotopic (exact) mass is 306 g/mol. The number of nitrogens with zero attached hydrogens (tertiary/aromatic N) is 1. The van der Waals surface area contributed by atoms with E-state index < -0.39 is 11.7 Å². The standard InChI is InChI=1S/C15H18N2O3S/c1-15(2,19)7-10-5-3-4-6-12(10)13-17-8-11(21-13)9-20-14(16)18/h3-6,8,19H,7,9H2,1-2H3,(H2,16,18). The van der Waals surface area contributed by atoms with Crippen molar-refractivity contribution in [1.29, 1.82) is 0 Å². The lowest BCUT2D eigenvalue weighted by atomic mass is 9.95. The van der Waals surface area contributed by atoms with Gasteiger partial charge in [0.1, 0.15) is 11.6 Å². The molecular weight excluding hydrogens is 288 g/mol. The van der Waals surface area contributed by atoms with Gasteiger partial charge in [-0.2, -0.15) is 0 Å². The molecule has 6 heteroatoms. The molecule has 0 aliphatic heterocycles. The number of carbonyl (C=O) groups is 1. The molecule has 0 aliphatic rings. The molecule has 2 aromatic rings. The van der Waals surface area contributed by atoms with Gasteiger partial charge < -0.3 is 15.6 Å². The summed E-state index contributed by atoms with van der Waals surface area (Å²) in [6.45, 7) is 3.68. The molecule has 0 atom stereocenters. The van der Waals surface area contributed by atoms with Gasteiger partial charge in [0.2, 0.25) is 0 Å². The molecule has 2 rings (SSSR count). The zero-order valence-corrected chi connectivity index (χ0v) is 12.8. The molecule has 5 nitrogen and oxygen atoms in total. The van der Waals surface area contributed by atoms with Gasteiger partial charge in [0, 0.05) is 18.2 Å². The summed E-state index contributed by atoms with van der Waals surface area (Å²) in [6, 6.07) is 7.83. The third-order valence-corrected chi connectivity index (χ3v) is 3.79. The maximum Gasteiger partial charge on any atom is 0.404 e. The molecule has 0 bridgehead atoms. The number of aromatic nitrogens is 1. The van der Waals surface area contributed by atoms with Crippen molar-refractivity contribution in [3.05, 3.63) is 40.9 Å². The highest BCUT2D eigenvalue weighted by Gasteiger charge is 2.17. The number of amides is 1. The molecule has 0 radical (unpaired) electrons. The van der Waals surface area contributed by atoms with Crippen LogP contribution in [-0.2, 0) is 17.8 Å². The molecular formula is C15H18N2O3S. The summed E-state index contributed by atoms with van der Waals surface area (Å²) in [5, 5.41) is 10.8. The van der Waals surface area contributed by atoms with Gasteiger partial charge in [0.25, 0.3) is 0 Å². The molecule has 21 heavy (non-hydrogen) atoms. The second-order valence-electron chi connectivity index (χ2n) is 5.39. The van der Waals surface area contributed by atoms with Crippen molar-refractivity contribution in [2.75, 3.05) is 0 Å². The number of thiazole rings is 1. The number of hydrogen-bond acceptors (Lipinski definition) is 5. The molecule has 1 amide bonds. The number of hydrogen-bond donors (Lipinski definition) is 2. The minimum atomic E-state index is -0.799. The second-order valence-corrected chi connectivity index (χ2v) is 6.50. The minimum Gasteiger partial charge on any atom is -0.444 e. The molecule has 3 N–H and O–H groups in total. The summed E-state index contributed by atoms with van der Waals surface area (Å²) >= 11 is 1.44. The van der Waals surface area contributed by atoms with Crippen molar-refractivity contribution in [2.24, 2.45) is 5.73 Å². The van der Waals surface area contributed by atoms with E-state index in [0.717, 1.165) is 21.0 Å². The van der Waals surface area contributed by atoms with Crippen molar-refractivity contribution in [1.82, 2.24) is 4.98 Å². The second kappa shape index (κ2) is 6.24. The van der Waals surface area contributed by atoms with Gasteiger partial charge >= 0.3 is 6.09 Å². The van der Waals surface area contributed by atoms with E-state index in [4.69, 9.17) is 10.5 Å². The molecule has 0 aliphatic carbocycles. The smallest absolute Gasteiger partial charge is 0.404 e. The van der Waals surface area contributed by atoms with Crippen molar-refractivity contribution >= 4 is 17.4 Å². The van der Waals surface area contributed by atoms with E-state index in [-0.39, 0.29) is 6.61 Å². The van der Waals surface area contributed by atoms with Gasteiger partial charge in [-0.1, -0.05) is 24.3 Å². The van der Waals surface area contributed by atoms with Crippen molar-refractivity contribution < 1.29 is 14.6 Å². The molecule has 1 aromatic heterocycles. The van der Waals surface area contributed by atoms with Crippen LogP contribution in [0.3, 0.4) is 0 Å². The average molecular weight is 306 g/mol. The van der Waals surface area contributed by atoms with Crippen LogP contribution in [0.5, 0.6) is 0 Å². The molecule has 0 unspecified atom stereocenters. The van der Waals surface area contributed by atoms with Crippen LogP contribution in [-0.4, -0.2) is 21.8 Å². The Bertz CT molecular complexity index is 632. The zero-order valence-electron chi connectivity index (χ0n) is 12.0. The van der Waals surface area contributed by atoms with E-state index >= 15 is 0 Å². The highest BCUT2D eigenvalue weighted by Crippen LogP contribution is 2.30. The Morgan fingerprint density at radius 3 is 2.81 bits per heavy atom. The third kappa shape index (κ3) is 4.54. The van der Waals surface area contributed by atoms with Gasteiger partial charge in [-0.25, -0.2) is 9.78 Å². The summed E-state index contributed by atoms with van der Waals surface area (Å²) in [4.78, 5) is 15.8. The van der Waals surface area contributed by atoms with Crippen LogP contribution in [0.2, 0.25) is 0 Å². The maximum absolute atomic E-state index is 10.6. The predicted octanol–water partition coefficient (Wildman–Crippen LogP) is 2.72.